The van der Waals surface area contributed by atoms with Crippen LogP contribution in [0, 0.1) is 5.82 Å². The van der Waals surface area contributed by atoms with Crippen molar-refractivity contribution in [3.63, 3.8) is 0 Å². The van der Waals surface area contributed by atoms with Crippen LogP contribution in [-0.4, -0.2) is 18.3 Å². The predicted molar refractivity (Wildman–Crippen MR) is 77.8 cm³/mol. The highest BCUT2D eigenvalue weighted by Crippen LogP contribution is 2.23. The maximum absolute atomic E-state index is 13.3. The number of benzene rings is 2. The SMILES string of the molecule is OCc1ccc(Cl)c(NCCOc2ccccc2F)c1. The normalized spacial score (nSPS) is 10.3. The van der Waals surface area contributed by atoms with Gasteiger partial charge in [-0.05, 0) is 29.8 Å². The van der Waals surface area contributed by atoms with Gasteiger partial charge >= 0.3 is 0 Å². The molecule has 0 heterocycles. The van der Waals surface area contributed by atoms with Gasteiger partial charge in [-0.3, -0.25) is 0 Å². The Bertz CT molecular complexity index is 578. The maximum atomic E-state index is 13.3. The van der Waals surface area contributed by atoms with Gasteiger partial charge in [0.2, 0.25) is 0 Å². The van der Waals surface area contributed by atoms with Gasteiger partial charge in [-0.15, -0.1) is 0 Å². The lowest BCUT2D eigenvalue weighted by molar-refractivity contribution is 0.282. The topological polar surface area (TPSA) is 41.5 Å². The average molecular weight is 296 g/mol. The second-order valence-electron chi connectivity index (χ2n) is 4.18. The van der Waals surface area contributed by atoms with Gasteiger partial charge in [0.25, 0.3) is 0 Å². The number of hydrogen-bond donors (Lipinski definition) is 2. The Morgan fingerprint density at radius 1 is 1.20 bits per heavy atom. The quantitative estimate of drug-likeness (QED) is 0.802. The van der Waals surface area contributed by atoms with Crippen molar-refractivity contribution in [2.45, 2.75) is 6.61 Å². The summed E-state index contributed by atoms with van der Waals surface area (Å²) >= 11 is 6.03. The second kappa shape index (κ2) is 7.12. The van der Waals surface area contributed by atoms with E-state index in [1.165, 1.54) is 6.07 Å². The molecule has 0 saturated heterocycles. The monoisotopic (exact) mass is 295 g/mol. The highest BCUT2D eigenvalue weighted by atomic mass is 35.5. The lowest BCUT2D eigenvalue weighted by atomic mass is 10.2. The van der Waals surface area contributed by atoms with Crippen molar-refractivity contribution in [1.82, 2.24) is 0 Å². The second-order valence-corrected chi connectivity index (χ2v) is 4.59. The molecule has 0 aliphatic carbocycles. The fraction of sp³-hybridized carbons (Fsp3) is 0.200. The molecule has 0 aromatic heterocycles. The summed E-state index contributed by atoms with van der Waals surface area (Å²) in [5.74, 6) is -0.155. The van der Waals surface area contributed by atoms with Crippen molar-refractivity contribution >= 4 is 17.3 Å². The number of nitrogens with one attached hydrogen (secondary N) is 1. The van der Waals surface area contributed by atoms with E-state index in [0.717, 1.165) is 11.3 Å². The van der Waals surface area contributed by atoms with Gasteiger partial charge < -0.3 is 15.2 Å². The zero-order chi connectivity index (χ0) is 14.4. The molecule has 0 saturated carbocycles. The van der Waals surface area contributed by atoms with E-state index in [4.69, 9.17) is 21.4 Å². The molecule has 0 bridgehead atoms. The summed E-state index contributed by atoms with van der Waals surface area (Å²) in [5, 5.41) is 12.7. The highest BCUT2D eigenvalue weighted by molar-refractivity contribution is 6.33. The third kappa shape index (κ3) is 3.85. The van der Waals surface area contributed by atoms with Crippen molar-refractivity contribution in [3.05, 3.63) is 58.9 Å². The van der Waals surface area contributed by atoms with Crippen LogP contribution < -0.4 is 10.1 Å². The Morgan fingerprint density at radius 2 is 2.00 bits per heavy atom. The molecule has 3 nitrogen and oxygen atoms in total. The summed E-state index contributed by atoms with van der Waals surface area (Å²) in [4.78, 5) is 0. The zero-order valence-corrected chi connectivity index (χ0v) is 11.5. The summed E-state index contributed by atoms with van der Waals surface area (Å²) in [6.07, 6.45) is 0. The van der Waals surface area contributed by atoms with E-state index < -0.39 is 0 Å². The number of rotatable bonds is 6. The minimum atomic E-state index is -0.382. The molecule has 0 atom stereocenters. The Morgan fingerprint density at radius 3 is 2.75 bits per heavy atom. The molecule has 0 aliphatic rings. The van der Waals surface area contributed by atoms with E-state index in [0.29, 0.717) is 18.2 Å². The summed E-state index contributed by atoms with van der Waals surface area (Å²) < 4.78 is 18.6. The van der Waals surface area contributed by atoms with Crippen LogP contribution in [-0.2, 0) is 6.61 Å². The van der Waals surface area contributed by atoms with E-state index in [9.17, 15) is 4.39 Å². The van der Waals surface area contributed by atoms with E-state index in [1.807, 2.05) is 0 Å². The van der Waals surface area contributed by atoms with Gasteiger partial charge in [0.05, 0.1) is 17.3 Å². The lowest BCUT2D eigenvalue weighted by Crippen LogP contribution is -2.12. The molecule has 0 spiro atoms. The average Bonchev–Trinajstić information content (AvgIpc) is 2.47. The minimum Gasteiger partial charge on any atom is -0.489 e. The van der Waals surface area contributed by atoms with Gasteiger partial charge in [-0.2, -0.15) is 0 Å². The van der Waals surface area contributed by atoms with Crippen LogP contribution >= 0.6 is 11.6 Å². The maximum Gasteiger partial charge on any atom is 0.165 e. The number of ether oxygens (including phenoxy) is 1. The molecular formula is C15H15ClFNO2. The summed E-state index contributed by atoms with van der Waals surface area (Å²) in [6, 6.07) is 11.5. The van der Waals surface area contributed by atoms with Crippen LogP contribution in [0.25, 0.3) is 0 Å². The molecule has 5 heteroatoms. The summed E-state index contributed by atoms with van der Waals surface area (Å²) in [7, 11) is 0. The van der Waals surface area contributed by atoms with Crippen molar-refractivity contribution in [2.75, 3.05) is 18.5 Å². The first-order valence-corrected chi connectivity index (χ1v) is 6.59. The molecule has 2 N–H and O–H groups in total. The number of hydrogen-bond acceptors (Lipinski definition) is 3. The van der Waals surface area contributed by atoms with E-state index >= 15 is 0 Å². The molecule has 20 heavy (non-hydrogen) atoms. The molecule has 0 unspecified atom stereocenters. The smallest absolute Gasteiger partial charge is 0.165 e. The summed E-state index contributed by atoms with van der Waals surface area (Å²) in [6.45, 7) is 0.737. The molecule has 0 radical (unpaired) electrons. The number of halogens is 2. The highest BCUT2D eigenvalue weighted by Gasteiger charge is 2.03. The Balaban J connectivity index is 1.86. The van der Waals surface area contributed by atoms with Crippen LogP contribution in [0.5, 0.6) is 5.75 Å². The molecule has 2 aromatic carbocycles. The van der Waals surface area contributed by atoms with Crippen molar-refractivity contribution in [2.24, 2.45) is 0 Å². The molecule has 0 aliphatic heterocycles. The third-order valence-corrected chi connectivity index (χ3v) is 3.05. The molecule has 2 aromatic rings. The van der Waals surface area contributed by atoms with Crippen molar-refractivity contribution in [1.29, 1.82) is 0 Å². The van der Waals surface area contributed by atoms with Crippen molar-refractivity contribution in [3.8, 4) is 5.75 Å². The van der Waals surface area contributed by atoms with E-state index in [-0.39, 0.29) is 18.2 Å². The standard InChI is InChI=1S/C15H15ClFNO2/c16-12-6-5-11(10-19)9-14(12)18-7-8-20-15-4-2-1-3-13(15)17/h1-6,9,18-19H,7-8,10H2. The Kier molecular flexibility index (Phi) is 5.21. The number of aliphatic hydroxyl groups is 1. The Hall–Kier alpha value is -1.78. The van der Waals surface area contributed by atoms with Crippen molar-refractivity contribution < 1.29 is 14.2 Å². The Labute approximate surface area is 122 Å². The van der Waals surface area contributed by atoms with E-state index in [2.05, 4.69) is 5.32 Å². The predicted octanol–water partition coefficient (Wildman–Crippen LogP) is 3.46. The number of anilines is 1. The van der Waals surface area contributed by atoms with Crippen LogP contribution in [0.1, 0.15) is 5.56 Å². The minimum absolute atomic E-state index is 0.0441. The van der Waals surface area contributed by atoms with Crippen LogP contribution in [0.3, 0.4) is 0 Å². The first-order valence-electron chi connectivity index (χ1n) is 6.21. The van der Waals surface area contributed by atoms with Crippen LogP contribution in [0.15, 0.2) is 42.5 Å². The molecule has 2 rings (SSSR count). The van der Waals surface area contributed by atoms with Gasteiger partial charge in [-0.1, -0.05) is 29.8 Å². The first-order chi connectivity index (χ1) is 9.70. The van der Waals surface area contributed by atoms with Gasteiger partial charge in [-0.25, -0.2) is 4.39 Å². The number of aliphatic hydroxyl groups excluding tert-OH is 1. The summed E-state index contributed by atoms with van der Waals surface area (Å²) in [5.41, 5.74) is 1.49. The molecular weight excluding hydrogens is 281 g/mol. The fourth-order valence-electron chi connectivity index (χ4n) is 1.71. The fourth-order valence-corrected chi connectivity index (χ4v) is 1.90. The van der Waals surface area contributed by atoms with Gasteiger partial charge in [0.1, 0.15) is 6.61 Å². The largest absolute Gasteiger partial charge is 0.489 e. The van der Waals surface area contributed by atoms with Gasteiger partial charge in [0.15, 0.2) is 11.6 Å². The molecule has 0 fully saturated rings. The first kappa shape index (κ1) is 14.6. The zero-order valence-electron chi connectivity index (χ0n) is 10.8. The lowest BCUT2D eigenvalue weighted by Gasteiger charge is -2.11. The molecule has 0 amide bonds. The third-order valence-electron chi connectivity index (χ3n) is 2.73. The molecule has 106 valence electrons. The van der Waals surface area contributed by atoms with E-state index in [1.54, 1.807) is 36.4 Å². The number of para-hydroxylation sites is 1. The van der Waals surface area contributed by atoms with Crippen LogP contribution in [0.2, 0.25) is 5.02 Å². The van der Waals surface area contributed by atoms with Crippen LogP contribution in [0.4, 0.5) is 10.1 Å². The van der Waals surface area contributed by atoms with Gasteiger partial charge in [0, 0.05) is 6.54 Å².